The van der Waals surface area contributed by atoms with E-state index in [-0.39, 0.29) is 0 Å². The SMILES string of the molecule is C=CO/N=C(\CC)COCCOCCOC1=CCC(C)C=C1.CC. The average Bonchev–Trinajstić information content (AvgIpc) is 2.63. The molecule has 0 radical (unpaired) electrons. The van der Waals surface area contributed by atoms with E-state index in [1.165, 1.54) is 6.26 Å². The van der Waals surface area contributed by atoms with Gasteiger partial charge in [-0.2, -0.15) is 0 Å². The van der Waals surface area contributed by atoms with E-state index in [1.807, 2.05) is 26.8 Å². The van der Waals surface area contributed by atoms with Crippen LogP contribution >= 0.6 is 0 Å². The third kappa shape index (κ3) is 11.9. The monoisotopic (exact) mass is 339 g/mol. The van der Waals surface area contributed by atoms with Crippen LogP contribution in [0.1, 0.15) is 40.5 Å². The van der Waals surface area contributed by atoms with Crippen LogP contribution in [0.4, 0.5) is 0 Å². The fourth-order valence-electron chi connectivity index (χ4n) is 1.75. The molecule has 0 fully saturated rings. The van der Waals surface area contributed by atoms with Gasteiger partial charge >= 0.3 is 0 Å². The molecule has 0 bridgehead atoms. The van der Waals surface area contributed by atoms with Crippen LogP contribution in [0.15, 0.2) is 42.0 Å². The van der Waals surface area contributed by atoms with E-state index in [4.69, 9.17) is 19.0 Å². The zero-order valence-electron chi connectivity index (χ0n) is 15.6. The lowest BCUT2D eigenvalue weighted by molar-refractivity contribution is 0.0367. The molecule has 1 atom stereocenters. The highest BCUT2D eigenvalue weighted by molar-refractivity contribution is 5.84. The number of allylic oxidation sites excluding steroid dienone is 3. The minimum absolute atomic E-state index is 0.445. The van der Waals surface area contributed by atoms with E-state index in [0.29, 0.717) is 39.0 Å². The molecule has 0 aliphatic heterocycles. The second kappa shape index (κ2) is 16.3. The molecule has 0 saturated carbocycles. The molecule has 0 heterocycles. The predicted octanol–water partition coefficient (Wildman–Crippen LogP) is 4.47. The largest absolute Gasteiger partial charge is 0.492 e. The minimum Gasteiger partial charge on any atom is -0.492 e. The van der Waals surface area contributed by atoms with Gasteiger partial charge in [-0.25, -0.2) is 0 Å². The summed E-state index contributed by atoms with van der Waals surface area (Å²) < 4.78 is 16.5. The number of hydrogen-bond acceptors (Lipinski definition) is 5. The first-order chi connectivity index (χ1) is 11.8. The molecule has 0 N–H and O–H groups in total. The van der Waals surface area contributed by atoms with Gasteiger partial charge in [-0.3, -0.25) is 0 Å². The highest BCUT2D eigenvalue weighted by Gasteiger charge is 2.03. The lowest BCUT2D eigenvalue weighted by atomic mass is 10.0. The van der Waals surface area contributed by atoms with Crippen molar-refractivity contribution in [3.63, 3.8) is 0 Å². The van der Waals surface area contributed by atoms with Crippen molar-refractivity contribution < 1.29 is 19.0 Å². The second-order valence-electron chi connectivity index (χ2n) is 4.98. The van der Waals surface area contributed by atoms with E-state index in [0.717, 1.165) is 24.3 Å². The fraction of sp³-hybridized carbons (Fsp3) is 0.632. The van der Waals surface area contributed by atoms with Gasteiger partial charge in [0, 0.05) is 0 Å². The molecule has 0 amide bonds. The summed E-state index contributed by atoms with van der Waals surface area (Å²) in [6.07, 6.45) is 9.41. The van der Waals surface area contributed by atoms with Gasteiger partial charge in [0.2, 0.25) is 0 Å². The first-order valence-corrected chi connectivity index (χ1v) is 8.75. The van der Waals surface area contributed by atoms with Crippen molar-refractivity contribution in [3.8, 4) is 0 Å². The van der Waals surface area contributed by atoms with Gasteiger partial charge in [-0.05, 0) is 30.9 Å². The summed E-state index contributed by atoms with van der Waals surface area (Å²) in [6.45, 7) is 14.2. The van der Waals surface area contributed by atoms with Gasteiger partial charge in [-0.1, -0.05) is 45.5 Å². The van der Waals surface area contributed by atoms with Crippen molar-refractivity contribution in [2.75, 3.05) is 33.0 Å². The van der Waals surface area contributed by atoms with Crippen LogP contribution in [-0.2, 0) is 19.0 Å². The Kier molecular flexibility index (Phi) is 15.2. The lowest BCUT2D eigenvalue weighted by Crippen LogP contribution is -2.13. The van der Waals surface area contributed by atoms with E-state index in [1.54, 1.807) is 0 Å². The summed E-state index contributed by atoms with van der Waals surface area (Å²) in [7, 11) is 0. The number of hydrogen-bond donors (Lipinski definition) is 0. The first-order valence-electron chi connectivity index (χ1n) is 8.75. The first kappa shape index (κ1) is 22.4. The van der Waals surface area contributed by atoms with Crippen molar-refractivity contribution >= 4 is 5.71 Å². The maximum absolute atomic E-state index is 5.60. The van der Waals surface area contributed by atoms with Gasteiger partial charge in [0.05, 0.1) is 32.1 Å². The molecule has 0 aromatic heterocycles. The average molecular weight is 339 g/mol. The van der Waals surface area contributed by atoms with E-state index < -0.39 is 0 Å². The molecular weight excluding hydrogens is 306 g/mol. The van der Waals surface area contributed by atoms with Crippen LogP contribution in [0.25, 0.3) is 0 Å². The van der Waals surface area contributed by atoms with Crippen LogP contribution in [0.3, 0.4) is 0 Å². The molecule has 24 heavy (non-hydrogen) atoms. The molecule has 1 rings (SSSR count). The summed E-state index contributed by atoms with van der Waals surface area (Å²) in [6, 6.07) is 0. The lowest BCUT2D eigenvalue weighted by Gasteiger charge is -2.13. The van der Waals surface area contributed by atoms with Gasteiger partial charge < -0.3 is 19.0 Å². The Morgan fingerprint density at radius 3 is 2.58 bits per heavy atom. The Morgan fingerprint density at radius 2 is 1.96 bits per heavy atom. The van der Waals surface area contributed by atoms with Crippen molar-refractivity contribution in [1.29, 1.82) is 0 Å². The number of oxime groups is 1. The third-order valence-corrected chi connectivity index (χ3v) is 3.08. The molecule has 5 heteroatoms. The van der Waals surface area contributed by atoms with Crippen LogP contribution < -0.4 is 0 Å². The van der Waals surface area contributed by atoms with E-state index >= 15 is 0 Å². The van der Waals surface area contributed by atoms with Crippen LogP contribution in [0.5, 0.6) is 0 Å². The molecule has 138 valence electrons. The summed E-state index contributed by atoms with van der Waals surface area (Å²) in [5.41, 5.74) is 0.841. The summed E-state index contributed by atoms with van der Waals surface area (Å²) >= 11 is 0. The minimum atomic E-state index is 0.445. The predicted molar refractivity (Wildman–Crippen MR) is 99.0 cm³/mol. The molecule has 0 aromatic rings. The molecule has 1 aliphatic carbocycles. The Hall–Kier alpha value is -1.59. The smallest absolute Gasteiger partial charge is 0.115 e. The highest BCUT2D eigenvalue weighted by Crippen LogP contribution is 2.15. The Labute approximate surface area is 147 Å². The van der Waals surface area contributed by atoms with E-state index in [2.05, 4.69) is 30.8 Å². The Bertz CT molecular complexity index is 402. The van der Waals surface area contributed by atoms with Gasteiger partial charge in [0.25, 0.3) is 0 Å². The maximum Gasteiger partial charge on any atom is 0.115 e. The number of rotatable bonds is 12. The van der Waals surface area contributed by atoms with Crippen molar-refractivity contribution in [3.05, 3.63) is 36.8 Å². The Balaban J connectivity index is 0.00000254. The zero-order chi connectivity index (χ0) is 18.0. The molecule has 0 spiro atoms. The van der Waals surface area contributed by atoms with Crippen molar-refractivity contribution in [2.45, 2.75) is 40.5 Å². The number of nitrogens with zero attached hydrogens (tertiary/aromatic N) is 1. The van der Waals surface area contributed by atoms with Crippen LogP contribution in [0, 0.1) is 5.92 Å². The Morgan fingerprint density at radius 1 is 1.25 bits per heavy atom. The van der Waals surface area contributed by atoms with Gasteiger partial charge in [-0.15, -0.1) is 0 Å². The summed E-state index contributed by atoms with van der Waals surface area (Å²) in [5.74, 6) is 1.54. The number of ether oxygens (including phenoxy) is 3. The molecule has 5 nitrogen and oxygen atoms in total. The molecular formula is C19H33NO4. The molecule has 0 aromatic carbocycles. The molecule has 1 aliphatic rings. The van der Waals surface area contributed by atoms with Crippen molar-refractivity contribution in [2.24, 2.45) is 11.1 Å². The highest BCUT2D eigenvalue weighted by atomic mass is 16.6. The van der Waals surface area contributed by atoms with E-state index in [9.17, 15) is 0 Å². The van der Waals surface area contributed by atoms with Crippen LogP contribution in [0.2, 0.25) is 0 Å². The molecule has 1 unspecified atom stereocenters. The van der Waals surface area contributed by atoms with Gasteiger partial charge in [0.15, 0.2) is 0 Å². The third-order valence-electron chi connectivity index (χ3n) is 3.08. The maximum atomic E-state index is 5.60. The second-order valence-corrected chi connectivity index (χ2v) is 4.98. The fourth-order valence-corrected chi connectivity index (χ4v) is 1.75. The normalized spacial score (nSPS) is 16.8. The quantitative estimate of drug-likeness (QED) is 0.228. The van der Waals surface area contributed by atoms with Gasteiger partial charge in [0.1, 0.15) is 18.6 Å². The van der Waals surface area contributed by atoms with Crippen molar-refractivity contribution in [1.82, 2.24) is 0 Å². The summed E-state index contributed by atoms with van der Waals surface area (Å²) in [5, 5.41) is 3.87. The zero-order valence-corrected chi connectivity index (χ0v) is 15.6. The van der Waals surface area contributed by atoms with Crippen LogP contribution in [-0.4, -0.2) is 38.7 Å². The topological polar surface area (TPSA) is 49.3 Å². The summed E-state index contributed by atoms with van der Waals surface area (Å²) in [4.78, 5) is 4.77. The standard InChI is InChI=1S/C17H27NO4.C2H6/c1-4-16(18-22-5-2)14-20-11-10-19-12-13-21-17-8-6-15(3)7-9-17;1-2/h5-6,8-9,15H,2,4,7,10-14H2,1,3H3;1-2H3/b18-16+;. The molecule has 0 saturated heterocycles.